The van der Waals surface area contributed by atoms with E-state index in [-0.39, 0.29) is 25.9 Å². The van der Waals surface area contributed by atoms with Crippen LogP contribution in [0.5, 0.6) is 0 Å². The van der Waals surface area contributed by atoms with Crippen molar-refractivity contribution in [3.8, 4) is 0 Å². The van der Waals surface area contributed by atoms with E-state index in [0.717, 1.165) is 141 Å². The van der Waals surface area contributed by atoms with Crippen molar-refractivity contribution in [1.82, 2.24) is 0 Å². The van der Waals surface area contributed by atoms with Crippen LogP contribution in [0.3, 0.4) is 0 Å². The van der Waals surface area contributed by atoms with Gasteiger partial charge >= 0.3 is 23.9 Å². The van der Waals surface area contributed by atoms with Crippen molar-refractivity contribution < 1.29 is 58.2 Å². The topological polar surface area (TPSA) is 175 Å². The number of hydrogen-bond acceptors (Lipinski definition) is 11. The number of aliphatic hydroxyl groups excluding tert-OH is 2. The number of carbonyl (C=O) groups excluding carboxylic acids is 3. The van der Waals surface area contributed by atoms with Crippen molar-refractivity contribution in [2.45, 2.75) is 237 Å². The van der Waals surface area contributed by atoms with Gasteiger partial charge in [-0.25, -0.2) is 4.79 Å². The van der Waals surface area contributed by atoms with Crippen LogP contribution >= 0.6 is 0 Å². The second-order valence-corrected chi connectivity index (χ2v) is 19.9. The van der Waals surface area contributed by atoms with Crippen LogP contribution in [-0.2, 0) is 42.9 Å². The molecular weight excluding hydrogens is 1020 g/mol. The zero-order chi connectivity index (χ0) is 58.9. The third-order valence-corrected chi connectivity index (χ3v) is 12.6. The Hall–Kier alpha value is -5.66. The first-order valence-electron chi connectivity index (χ1n) is 30.5. The minimum Gasteiger partial charge on any atom is -0.479 e. The van der Waals surface area contributed by atoms with E-state index >= 15 is 0 Å². The van der Waals surface area contributed by atoms with Gasteiger partial charge in [-0.15, -0.1) is 0 Å². The molecular formula is C69H104O12. The largest absolute Gasteiger partial charge is 0.479 e. The van der Waals surface area contributed by atoms with Gasteiger partial charge in [-0.3, -0.25) is 14.4 Å². The highest BCUT2D eigenvalue weighted by Gasteiger charge is 2.50. The average Bonchev–Trinajstić information content (AvgIpc) is 3.53. The summed E-state index contributed by atoms with van der Waals surface area (Å²) >= 11 is 0. The molecule has 81 heavy (non-hydrogen) atoms. The molecule has 12 nitrogen and oxygen atoms in total. The number of aliphatic carboxylic acids is 1. The summed E-state index contributed by atoms with van der Waals surface area (Å²) in [5, 5.41) is 31.5. The van der Waals surface area contributed by atoms with Gasteiger partial charge in [0.2, 0.25) is 0 Å². The lowest BCUT2D eigenvalue weighted by Crippen LogP contribution is -2.61. The van der Waals surface area contributed by atoms with Crippen molar-refractivity contribution in [3.05, 3.63) is 158 Å². The molecule has 1 fully saturated rings. The summed E-state index contributed by atoms with van der Waals surface area (Å²) in [7, 11) is 0. The van der Waals surface area contributed by atoms with Crippen LogP contribution in [0.2, 0.25) is 0 Å². The number of carbonyl (C=O) groups is 4. The van der Waals surface area contributed by atoms with E-state index in [4.69, 9.17) is 23.7 Å². The molecule has 452 valence electrons. The Morgan fingerprint density at radius 2 is 0.778 bits per heavy atom. The highest BCUT2D eigenvalue weighted by molar-refractivity contribution is 5.74. The lowest BCUT2D eigenvalue weighted by Gasteiger charge is -2.40. The summed E-state index contributed by atoms with van der Waals surface area (Å²) in [6.07, 6.45) is 68.0. The minimum absolute atomic E-state index is 0.111. The smallest absolute Gasteiger partial charge is 0.335 e. The zero-order valence-electron chi connectivity index (χ0n) is 49.7. The van der Waals surface area contributed by atoms with E-state index < -0.39 is 67.3 Å². The molecule has 1 rings (SSSR count). The molecule has 0 saturated carbocycles. The van der Waals surface area contributed by atoms with E-state index in [1.807, 2.05) is 12.2 Å². The van der Waals surface area contributed by atoms with Gasteiger partial charge in [-0.2, -0.15) is 0 Å². The Labute approximate surface area is 488 Å². The molecule has 0 aromatic rings. The third-order valence-electron chi connectivity index (χ3n) is 12.6. The molecule has 1 heterocycles. The molecule has 0 aliphatic carbocycles. The molecule has 1 aliphatic heterocycles. The van der Waals surface area contributed by atoms with Gasteiger partial charge in [-0.1, -0.05) is 217 Å². The Balaban J connectivity index is 2.77. The van der Waals surface area contributed by atoms with Crippen molar-refractivity contribution in [1.29, 1.82) is 0 Å². The fourth-order valence-corrected chi connectivity index (χ4v) is 8.07. The molecule has 0 bridgehead atoms. The standard InChI is InChI=1S/C69H104O12/c1-4-7-10-13-16-19-22-25-28-30-31-33-35-37-40-43-46-49-52-55-61(70)77-58-60(79-62(71)56-53-50-47-44-41-39-36-32-29-26-23-20-17-14-11-8-5-2)59-78-69-67(65(74)64(73)66(81-69)68(75)76)80-63(72)57-54-51-48-45-42-38-34-27-24-21-18-15-12-9-6-3/h7-12,16-21,25-29,31,33-34,36,39,42,45,51,54,60,64-67,69,73-74H,4-6,13-15,22-24,30,32,35,37-38,40-41,43-44,46-50,52-53,55-59H2,1-3H3,(H,75,76)/b10-7-,11-8-,12-9-,19-16-,20-17-,21-18-,28-25-,29-26-,33-31-,34-27-,39-36-,45-42-,54-51-. The van der Waals surface area contributed by atoms with Crippen LogP contribution in [-0.4, -0.2) is 89.2 Å². The van der Waals surface area contributed by atoms with Crippen molar-refractivity contribution in [3.63, 3.8) is 0 Å². The Morgan fingerprint density at radius 1 is 0.420 bits per heavy atom. The van der Waals surface area contributed by atoms with Crippen molar-refractivity contribution in [2.75, 3.05) is 13.2 Å². The highest BCUT2D eigenvalue weighted by atomic mass is 16.7. The number of hydrogen-bond donors (Lipinski definition) is 3. The summed E-state index contributed by atoms with van der Waals surface area (Å²) in [4.78, 5) is 51.2. The fraction of sp³-hybridized carbons (Fsp3) is 0.565. The number of allylic oxidation sites excluding steroid dienone is 25. The third kappa shape index (κ3) is 44.7. The Kier molecular flexibility index (Phi) is 49.7. The number of esters is 3. The van der Waals surface area contributed by atoms with Crippen LogP contribution < -0.4 is 0 Å². The van der Waals surface area contributed by atoms with E-state index in [2.05, 4.69) is 154 Å². The monoisotopic (exact) mass is 1120 g/mol. The highest BCUT2D eigenvalue weighted by Crippen LogP contribution is 2.26. The maximum atomic E-state index is 13.2. The summed E-state index contributed by atoms with van der Waals surface area (Å²) in [5.74, 6) is -3.36. The van der Waals surface area contributed by atoms with Gasteiger partial charge in [0.25, 0.3) is 0 Å². The number of carboxylic acids is 1. The van der Waals surface area contributed by atoms with Gasteiger partial charge in [-0.05, 0) is 122 Å². The molecule has 1 aliphatic rings. The van der Waals surface area contributed by atoms with E-state index in [0.29, 0.717) is 19.3 Å². The van der Waals surface area contributed by atoms with Gasteiger partial charge < -0.3 is 39.0 Å². The summed E-state index contributed by atoms with van der Waals surface area (Å²) in [5.41, 5.74) is 0. The number of carboxylic acid groups (broad SMARTS) is 1. The SMILES string of the molecule is CC/C=C\C/C=C\C/C=C\C/C=C\C/C=C\CC(=O)OC1C(OCC(COC(=O)CCCCCCCC/C=C\C/C=C\C/C=C\C/C=C\CC)OC(=O)CCCCCC/C=C\C/C=C\C/C=C\C/C=C\CC)OC(C(=O)O)C(O)C1O. The average molecular weight is 1130 g/mol. The quantitative estimate of drug-likeness (QED) is 0.0228. The first kappa shape index (κ1) is 73.4. The van der Waals surface area contributed by atoms with Gasteiger partial charge in [0.05, 0.1) is 13.0 Å². The maximum absolute atomic E-state index is 13.2. The molecule has 0 aromatic heterocycles. The second kappa shape index (κ2) is 54.9. The first-order valence-corrected chi connectivity index (χ1v) is 30.5. The van der Waals surface area contributed by atoms with E-state index in [1.54, 1.807) is 12.2 Å². The molecule has 0 spiro atoms. The lowest BCUT2D eigenvalue weighted by molar-refractivity contribution is -0.301. The molecule has 3 N–H and O–H groups in total. The van der Waals surface area contributed by atoms with Gasteiger partial charge in [0, 0.05) is 12.8 Å². The molecule has 0 radical (unpaired) electrons. The Morgan fingerprint density at radius 3 is 1.19 bits per heavy atom. The first-order chi connectivity index (χ1) is 39.6. The van der Waals surface area contributed by atoms with Gasteiger partial charge in [0.15, 0.2) is 24.6 Å². The molecule has 1 saturated heterocycles. The molecule has 12 heteroatoms. The summed E-state index contributed by atoms with van der Waals surface area (Å²) in [6.45, 7) is 5.56. The number of aliphatic hydroxyl groups is 2. The lowest BCUT2D eigenvalue weighted by atomic mass is 9.98. The summed E-state index contributed by atoms with van der Waals surface area (Å²) in [6, 6.07) is 0. The molecule has 6 atom stereocenters. The number of rotatable bonds is 49. The number of unbranched alkanes of at least 4 members (excludes halogenated alkanes) is 10. The van der Waals surface area contributed by atoms with Crippen LogP contribution in [0.15, 0.2) is 158 Å². The maximum Gasteiger partial charge on any atom is 0.335 e. The normalized spacial score (nSPS) is 18.9. The second-order valence-electron chi connectivity index (χ2n) is 19.9. The van der Waals surface area contributed by atoms with Crippen LogP contribution in [0.4, 0.5) is 0 Å². The van der Waals surface area contributed by atoms with E-state index in [9.17, 15) is 34.5 Å². The van der Waals surface area contributed by atoms with Crippen molar-refractivity contribution in [2.24, 2.45) is 0 Å². The fourth-order valence-electron chi connectivity index (χ4n) is 8.07. The minimum atomic E-state index is -1.95. The molecule has 6 unspecified atom stereocenters. The van der Waals surface area contributed by atoms with Crippen molar-refractivity contribution >= 4 is 23.9 Å². The van der Waals surface area contributed by atoms with Crippen LogP contribution in [0, 0.1) is 0 Å². The zero-order valence-corrected chi connectivity index (χ0v) is 49.7. The Bertz CT molecular complexity index is 2010. The van der Waals surface area contributed by atoms with Crippen LogP contribution in [0.25, 0.3) is 0 Å². The predicted molar refractivity (Wildman–Crippen MR) is 330 cm³/mol. The molecule has 0 amide bonds. The summed E-state index contributed by atoms with van der Waals surface area (Å²) < 4.78 is 28.3. The molecule has 0 aromatic carbocycles. The predicted octanol–water partition coefficient (Wildman–Crippen LogP) is 16.1. The van der Waals surface area contributed by atoms with E-state index in [1.165, 1.54) is 0 Å². The van der Waals surface area contributed by atoms with Crippen LogP contribution in [0.1, 0.15) is 201 Å². The van der Waals surface area contributed by atoms with Gasteiger partial charge in [0.1, 0.15) is 18.8 Å². The number of ether oxygens (including phenoxy) is 5.